The van der Waals surface area contributed by atoms with Crippen LogP contribution in [0.2, 0.25) is 0 Å². The van der Waals surface area contributed by atoms with Crippen LogP contribution in [0, 0.1) is 0 Å². The van der Waals surface area contributed by atoms with Gasteiger partial charge in [0.25, 0.3) is 0 Å². The monoisotopic (exact) mass is 1020 g/mol. The molecule has 2 unspecified atom stereocenters. The van der Waals surface area contributed by atoms with Gasteiger partial charge >= 0.3 is 0 Å². The first-order valence-corrected chi connectivity index (χ1v) is 32.6. The van der Waals surface area contributed by atoms with Gasteiger partial charge in [0.15, 0.2) is 0 Å². The van der Waals surface area contributed by atoms with Crippen LogP contribution in [0.15, 0.2) is 72.9 Å². The molecule has 1 amide bonds. The van der Waals surface area contributed by atoms with Gasteiger partial charge in [0, 0.05) is 6.42 Å². The van der Waals surface area contributed by atoms with Crippen molar-refractivity contribution >= 4 is 5.91 Å². The Bertz CT molecular complexity index is 1250. The summed E-state index contributed by atoms with van der Waals surface area (Å²) in [6.07, 6.45) is 92.2. The molecule has 4 nitrogen and oxygen atoms in total. The quantitative estimate of drug-likeness (QED) is 0.0420. The van der Waals surface area contributed by atoms with Crippen molar-refractivity contribution in [3.05, 3.63) is 72.9 Å². The van der Waals surface area contributed by atoms with Crippen molar-refractivity contribution in [2.45, 2.75) is 353 Å². The number of aliphatic hydroxyl groups excluding tert-OH is 2. The molecule has 0 saturated carbocycles. The fraction of sp³-hybridized carbons (Fsp3) is 0.812. The number of aliphatic hydroxyl groups is 2. The maximum Gasteiger partial charge on any atom is 0.220 e. The van der Waals surface area contributed by atoms with Crippen LogP contribution in [0.3, 0.4) is 0 Å². The standard InChI is InChI=1S/C69H127NO3/c1-3-5-7-9-11-13-15-17-19-21-23-25-26-27-28-29-30-31-32-33-34-35-36-37-38-39-40-41-42-43-44-45-47-49-51-53-55-57-59-61-63-65-69(73)70-67(66-71)68(72)64-62-60-58-56-54-52-50-48-46-24-22-20-18-16-14-12-10-8-6-4-2/h5,7,11,13,17,19,23,25,27-28,30-31,67-68,71-72H,3-4,6,8-10,12,14-16,18,20-22,24,26,29,32-66H2,1-2H3,(H,70,73)/b7-5-,13-11-,19-17-,25-23-,28-27-,31-30-. The molecule has 0 aromatic rings. The molecule has 0 heterocycles. The Morgan fingerprint density at radius 3 is 0.904 bits per heavy atom. The van der Waals surface area contributed by atoms with Crippen LogP contribution in [0.5, 0.6) is 0 Å². The number of nitrogens with one attached hydrogen (secondary N) is 1. The number of amides is 1. The zero-order chi connectivity index (χ0) is 52.7. The van der Waals surface area contributed by atoms with E-state index in [-0.39, 0.29) is 12.5 Å². The molecule has 0 radical (unpaired) electrons. The summed E-state index contributed by atoms with van der Waals surface area (Å²) in [5.41, 5.74) is 0. The average Bonchev–Trinajstić information content (AvgIpc) is 3.40. The van der Waals surface area contributed by atoms with Crippen molar-refractivity contribution in [3.63, 3.8) is 0 Å². The van der Waals surface area contributed by atoms with E-state index >= 15 is 0 Å². The molecular formula is C69H127NO3. The van der Waals surface area contributed by atoms with Crippen molar-refractivity contribution in [1.82, 2.24) is 5.32 Å². The maximum absolute atomic E-state index is 12.5. The molecule has 0 aromatic carbocycles. The highest BCUT2D eigenvalue weighted by Crippen LogP contribution is 2.18. The second kappa shape index (κ2) is 64.1. The lowest BCUT2D eigenvalue weighted by Gasteiger charge is -2.22. The Morgan fingerprint density at radius 1 is 0.342 bits per heavy atom. The minimum absolute atomic E-state index is 0.0256. The minimum atomic E-state index is -0.660. The molecule has 0 fully saturated rings. The van der Waals surface area contributed by atoms with Crippen LogP contribution in [0.1, 0.15) is 341 Å². The Kier molecular flexibility index (Phi) is 62.2. The van der Waals surface area contributed by atoms with Crippen molar-refractivity contribution in [2.24, 2.45) is 0 Å². The third-order valence-electron chi connectivity index (χ3n) is 15.0. The van der Waals surface area contributed by atoms with Gasteiger partial charge in [0.2, 0.25) is 5.91 Å². The topological polar surface area (TPSA) is 69.6 Å². The highest BCUT2D eigenvalue weighted by Gasteiger charge is 2.20. The molecule has 2 atom stereocenters. The number of unbranched alkanes of at least 4 members (excludes halogenated alkanes) is 41. The SMILES string of the molecule is CC/C=C\C/C=C\C/C=C\C/C=C\C/C=C\C/C=C\CCCCCCCCCCCCCCCCCCCCCCCCC(=O)NC(CO)C(O)CCCCCCCCCCCCCCCCCCCCCC. The molecule has 0 aliphatic heterocycles. The van der Waals surface area contributed by atoms with Gasteiger partial charge in [-0.15, -0.1) is 0 Å². The highest BCUT2D eigenvalue weighted by atomic mass is 16.3. The van der Waals surface area contributed by atoms with Crippen LogP contribution in [-0.4, -0.2) is 34.9 Å². The molecule has 0 aliphatic rings. The average molecular weight is 1020 g/mol. The van der Waals surface area contributed by atoms with Gasteiger partial charge in [-0.1, -0.05) is 344 Å². The van der Waals surface area contributed by atoms with Gasteiger partial charge in [-0.05, 0) is 64.2 Å². The van der Waals surface area contributed by atoms with Crippen molar-refractivity contribution in [1.29, 1.82) is 0 Å². The van der Waals surface area contributed by atoms with Gasteiger partial charge in [-0.25, -0.2) is 0 Å². The summed E-state index contributed by atoms with van der Waals surface area (Å²) in [6.45, 7) is 4.27. The van der Waals surface area contributed by atoms with Gasteiger partial charge in [-0.2, -0.15) is 0 Å². The van der Waals surface area contributed by atoms with Crippen LogP contribution >= 0.6 is 0 Å². The van der Waals surface area contributed by atoms with E-state index in [0.29, 0.717) is 12.8 Å². The smallest absolute Gasteiger partial charge is 0.220 e. The third kappa shape index (κ3) is 60.6. The zero-order valence-corrected chi connectivity index (χ0v) is 49.2. The summed E-state index contributed by atoms with van der Waals surface area (Å²) in [5, 5.41) is 23.4. The molecule has 426 valence electrons. The van der Waals surface area contributed by atoms with E-state index in [1.807, 2.05) is 0 Å². The summed E-state index contributed by atoms with van der Waals surface area (Å²) < 4.78 is 0. The molecule has 3 N–H and O–H groups in total. The summed E-state index contributed by atoms with van der Waals surface area (Å²) >= 11 is 0. The molecular weight excluding hydrogens is 891 g/mol. The normalized spacial score (nSPS) is 13.2. The lowest BCUT2D eigenvalue weighted by molar-refractivity contribution is -0.123. The highest BCUT2D eigenvalue weighted by molar-refractivity contribution is 5.76. The summed E-state index contributed by atoms with van der Waals surface area (Å²) in [4.78, 5) is 12.5. The van der Waals surface area contributed by atoms with Crippen LogP contribution in [0.25, 0.3) is 0 Å². The lowest BCUT2D eigenvalue weighted by Crippen LogP contribution is -2.45. The predicted molar refractivity (Wildman–Crippen MR) is 327 cm³/mol. The van der Waals surface area contributed by atoms with Crippen LogP contribution < -0.4 is 5.32 Å². The fourth-order valence-electron chi connectivity index (χ4n) is 10.1. The Labute approximate surface area is 457 Å². The lowest BCUT2D eigenvalue weighted by atomic mass is 10.0. The van der Waals surface area contributed by atoms with Crippen molar-refractivity contribution in [3.8, 4) is 0 Å². The van der Waals surface area contributed by atoms with E-state index in [2.05, 4.69) is 92.1 Å². The molecule has 4 heteroatoms. The Hall–Kier alpha value is -2.17. The van der Waals surface area contributed by atoms with E-state index in [1.165, 1.54) is 250 Å². The first-order chi connectivity index (χ1) is 36.2. The molecule has 73 heavy (non-hydrogen) atoms. The van der Waals surface area contributed by atoms with Gasteiger partial charge < -0.3 is 15.5 Å². The molecule has 0 bridgehead atoms. The summed E-state index contributed by atoms with van der Waals surface area (Å²) in [6, 6.07) is -0.537. The van der Waals surface area contributed by atoms with Crippen molar-refractivity contribution < 1.29 is 15.0 Å². The number of rotatable bonds is 60. The van der Waals surface area contributed by atoms with Crippen LogP contribution in [0.4, 0.5) is 0 Å². The van der Waals surface area contributed by atoms with Gasteiger partial charge in [0.05, 0.1) is 18.8 Å². The van der Waals surface area contributed by atoms with E-state index in [9.17, 15) is 15.0 Å². The molecule has 0 aromatic heterocycles. The third-order valence-corrected chi connectivity index (χ3v) is 15.0. The summed E-state index contributed by atoms with van der Waals surface area (Å²) in [7, 11) is 0. The van der Waals surface area contributed by atoms with E-state index in [4.69, 9.17) is 0 Å². The number of carbonyl (C=O) groups is 1. The van der Waals surface area contributed by atoms with Gasteiger partial charge in [0.1, 0.15) is 0 Å². The van der Waals surface area contributed by atoms with E-state index < -0.39 is 12.1 Å². The number of hydrogen-bond donors (Lipinski definition) is 3. The molecule has 0 saturated heterocycles. The largest absolute Gasteiger partial charge is 0.394 e. The molecule has 0 rings (SSSR count). The number of hydrogen-bond acceptors (Lipinski definition) is 3. The van der Waals surface area contributed by atoms with Gasteiger partial charge in [-0.3, -0.25) is 4.79 Å². The number of carbonyl (C=O) groups excluding carboxylic acids is 1. The number of allylic oxidation sites excluding steroid dienone is 12. The fourth-order valence-corrected chi connectivity index (χ4v) is 10.1. The molecule has 0 aliphatic carbocycles. The second-order valence-corrected chi connectivity index (χ2v) is 22.2. The minimum Gasteiger partial charge on any atom is -0.394 e. The predicted octanol–water partition coefficient (Wildman–Crippen LogP) is 22.1. The van der Waals surface area contributed by atoms with Crippen molar-refractivity contribution in [2.75, 3.05) is 6.61 Å². The Morgan fingerprint density at radius 2 is 0.603 bits per heavy atom. The Balaban J connectivity index is 3.41. The molecule has 0 spiro atoms. The van der Waals surface area contributed by atoms with E-state index in [1.54, 1.807) is 0 Å². The van der Waals surface area contributed by atoms with Crippen LogP contribution in [-0.2, 0) is 4.79 Å². The summed E-state index contributed by atoms with van der Waals surface area (Å²) in [5.74, 6) is -0.0256. The first-order valence-electron chi connectivity index (χ1n) is 32.6. The second-order valence-electron chi connectivity index (χ2n) is 22.2. The zero-order valence-electron chi connectivity index (χ0n) is 49.2. The first kappa shape index (κ1) is 70.8. The van der Waals surface area contributed by atoms with E-state index in [0.717, 1.165) is 64.2 Å². The maximum atomic E-state index is 12.5.